The van der Waals surface area contributed by atoms with Gasteiger partial charge in [0, 0.05) is 10.6 Å². The molecule has 3 aliphatic rings. The van der Waals surface area contributed by atoms with Gasteiger partial charge >= 0.3 is 6.03 Å². The van der Waals surface area contributed by atoms with Gasteiger partial charge in [-0.2, -0.15) is 0 Å². The third-order valence-corrected chi connectivity index (χ3v) is 11.9. The second kappa shape index (κ2) is 7.94. The molecule has 0 atom stereocenters. The van der Waals surface area contributed by atoms with Gasteiger partial charge in [-0.25, -0.2) is 9.18 Å². The van der Waals surface area contributed by atoms with Gasteiger partial charge in [-0.15, -0.1) is 0 Å². The maximum atomic E-state index is 14.4. The van der Waals surface area contributed by atoms with Gasteiger partial charge < -0.3 is 15.5 Å². The first-order valence-electron chi connectivity index (χ1n) is 11.4. The Morgan fingerprint density at radius 1 is 1.18 bits per heavy atom. The van der Waals surface area contributed by atoms with Gasteiger partial charge in [0.05, 0.1) is 37.4 Å². The predicted octanol–water partition coefficient (Wildman–Crippen LogP) is 5.50. The standard InChI is InChI=1S/C24H32ClFN4O2Si/c1-14-8-9-17(26)19(18(14)25)28-22(32)30-13-15-16(23(30,2)3)12-27-20(15)29-21(31)24(10-7-11-24)33(4,5)6/h8-9H,7,10-13H2,1-6H3,(H,28,32)(H,27,29,31). The highest BCUT2D eigenvalue weighted by Gasteiger charge is 2.54. The Hall–Kier alpha value is -2.19. The van der Waals surface area contributed by atoms with Crippen LogP contribution in [0.15, 0.2) is 28.3 Å². The van der Waals surface area contributed by atoms with E-state index in [-0.39, 0.29) is 28.2 Å². The molecule has 9 heteroatoms. The van der Waals surface area contributed by atoms with Crippen molar-refractivity contribution in [2.24, 2.45) is 4.99 Å². The van der Waals surface area contributed by atoms with Crippen LogP contribution >= 0.6 is 11.6 Å². The summed E-state index contributed by atoms with van der Waals surface area (Å²) in [6, 6.07) is 2.42. The van der Waals surface area contributed by atoms with Crippen LogP contribution in [0.3, 0.4) is 0 Å². The fraction of sp³-hybridized carbons (Fsp3) is 0.542. The third-order valence-electron chi connectivity index (χ3n) is 7.85. The van der Waals surface area contributed by atoms with E-state index < -0.39 is 25.5 Å². The number of hydrogen-bond donors (Lipinski definition) is 2. The fourth-order valence-electron chi connectivity index (χ4n) is 5.21. The molecule has 178 valence electrons. The minimum atomic E-state index is -1.72. The van der Waals surface area contributed by atoms with Gasteiger partial charge in [0.15, 0.2) is 0 Å². The first-order valence-corrected chi connectivity index (χ1v) is 15.3. The van der Waals surface area contributed by atoms with Crippen molar-refractivity contribution in [3.8, 4) is 0 Å². The molecule has 2 aliphatic heterocycles. The SMILES string of the molecule is Cc1ccc(F)c(NC(=O)N2CC3=C(CN=C3NC(=O)C3([Si](C)(C)C)CCC3)C2(C)C)c1Cl. The van der Waals surface area contributed by atoms with Gasteiger partial charge in [0.1, 0.15) is 11.7 Å². The summed E-state index contributed by atoms with van der Waals surface area (Å²) in [5, 5.41) is 5.70. The van der Waals surface area contributed by atoms with Crippen LogP contribution in [0.1, 0.15) is 38.7 Å². The topological polar surface area (TPSA) is 73.8 Å². The number of anilines is 1. The van der Waals surface area contributed by atoms with E-state index >= 15 is 0 Å². The van der Waals surface area contributed by atoms with E-state index in [1.807, 2.05) is 13.8 Å². The lowest BCUT2D eigenvalue weighted by Crippen LogP contribution is -2.55. The van der Waals surface area contributed by atoms with Gasteiger partial charge in [-0.05, 0) is 50.8 Å². The molecule has 3 amide bonds. The quantitative estimate of drug-likeness (QED) is 0.549. The second-order valence-electron chi connectivity index (χ2n) is 10.9. The lowest BCUT2D eigenvalue weighted by molar-refractivity contribution is -0.125. The largest absolute Gasteiger partial charge is 0.322 e. The molecule has 0 saturated heterocycles. The van der Waals surface area contributed by atoms with E-state index in [4.69, 9.17) is 11.6 Å². The first kappa shape index (κ1) is 23.9. The highest BCUT2D eigenvalue weighted by atomic mass is 35.5. The lowest BCUT2D eigenvalue weighted by atomic mass is 9.83. The van der Waals surface area contributed by atoms with Crippen LogP contribution < -0.4 is 10.6 Å². The lowest BCUT2D eigenvalue weighted by Gasteiger charge is -2.49. The number of urea groups is 1. The number of carbonyl (C=O) groups excluding carboxylic acids is 2. The average molecular weight is 491 g/mol. The molecular formula is C24H32ClFN4O2Si. The van der Waals surface area contributed by atoms with E-state index in [0.717, 1.165) is 30.4 Å². The van der Waals surface area contributed by atoms with E-state index in [1.165, 1.54) is 6.07 Å². The third kappa shape index (κ3) is 3.71. The zero-order valence-corrected chi connectivity index (χ0v) is 21.9. The van der Waals surface area contributed by atoms with Crippen molar-refractivity contribution in [1.82, 2.24) is 10.2 Å². The minimum Gasteiger partial charge on any atom is -0.311 e. The van der Waals surface area contributed by atoms with Crippen molar-refractivity contribution in [1.29, 1.82) is 0 Å². The summed E-state index contributed by atoms with van der Waals surface area (Å²) in [5.74, 6) is 0.0560. The molecule has 1 saturated carbocycles. The van der Waals surface area contributed by atoms with Crippen LogP contribution in [0, 0.1) is 12.7 Å². The molecular weight excluding hydrogens is 459 g/mol. The Morgan fingerprint density at radius 2 is 1.85 bits per heavy atom. The Bertz CT molecular complexity index is 1100. The van der Waals surface area contributed by atoms with Crippen molar-refractivity contribution in [3.05, 3.63) is 39.7 Å². The zero-order chi connectivity index (χ0) is 24.3. The number of hydrogen-bond acceptors (Lipinski definition) is 3. The number of halogens is 2. The van der Waals surface area contributed by atoms with Crippen molar-refractivity contribution in [2.75, 3.05) is 18.4 Å². The molecule has 0 radical (unpaired) electrons. The number of amides is 3. The van der Waals surface area contributed by atoms with E-state index in [0.29, 0.717) is 17.9 Å². The van der Waals surface area contributed by atoms with E-state index in [9.17, 15) is 14.0 Å². The highest BCUT2D eigenvalue weighted by molar-refractivity contribution is 6.82. The Labute approximate surface area is 200 Å². The van der Waals surface area contributed by atoms with Gasteiger partial charge in [-0.3, -0.25) is 9.79 Å². The van der Waals surface area contributed by atoms with Crippen LogP contribution in [0.25, 0.3) is 0 Å². The summed E-state index contributed by atoms with van der Waals surface area (Å²) >= 11 is 6.25. The molecule has 0 bridgehead atoms. The van der Waals surface area contributed by atoms with Crippen LogP contribution in [-0.4, -0.2) is 49.4 Å². The number of nitrogens with one attached hydrogen (secondary N) is 2. The molecule has 1 aliphatic carbocycles. The molecule has 1 aromatic carbocycles. The van der Waals surface area contributed by atoms with Crippen molar-refractivity contribution < 1.29 is 14.0 Å². The maximum absolute atomic E-state index is 14.4. The van der Waals surface area contributed by atoms with Gasteiger partial charge in [0.2, 0.25) is 5.91 Å². The Balaban J connectivity index is 1.53. The van der Waals surface area contributed by atoms with Crippen molar-refractivity contribution in [3.63, 3.8) is 0 Å². The maximum Gasteiger partial charge on any atom is 0.322 e. The number of nitrogens with zero attached hydrogens (tertiary/aromatic N) is 2. The number of aryl methyl sites for hydroxylation is 1. The first-order chi connectivity index (χ1) is 15.3. The van der Waals surface area contributed by atoms with Crippen molar-refractivity contribution in [2.45, 2.75) is 70.3 Å². The number of rotatable bonds is 3. The van der Waals surface area contributed by atoms with Crippen LogP contribution in [0.2, 0.25) is 29.7 Å². The summed E-state index contributed by atoms with van der Waals surface area (Å²) in [4.78, 5) is 32.8. The molecule has 0 unspecified atom stereocenters. The molecule has 33 heavy (non-hydrogen) atoms. The summed E-state index contributed by atoms with van der Waals surface area (Å²) in [6.07, 6.45) is 2.93. The zero-order valence-electron chi connectivity index (χ0n) is 20.2. The molecule has 2 N–H and O–H groups in total. The molecule has 1 fully saturated rings. The Morgan fingerprint density at radius 3 is 2.42 bits per heavy atom. The highest BCUT2D eigenvalue weighted by Crippen LogP contribution is 2.55. The Kier molecular flexibility index (Phi) is 5.76. The summed E-state index contributed by atoms with van der Waals surface area (Å²) in [5.41, 5.74) is 1.91. The number of amidine groups is 1. The minimum absolute atomic E-state index is 0.0196. The smallest absolute Gasteiger partial charge is 0.311 e. The van der Waals surface area contributed by atoms with Crippen molar-refractivity contribution >= 4 is 43.1 Å². The van der Waals surface area contributed by atoms with Gasteiger partial charge in [0.25, 0.3) is 0 Å². The fourth-order valence-corrected chi connectivity index (χ4v) is 8.00. The number of carbonyl (C=O) groups is 2. The molecule has 0 spiro atoms. The van der Waals surface area contributed by atoms with Crippen LogP contribution in [-0.2, 0) is 4.79 Å². The molecule has 2 heterocycles. The molecule has 6 nitrogen and oxygen atoms in total. The molecule has 4 rings (SSSR count). The summed E-state index contributed by atoms with van der Waals surface area (Å²) < 4.78 is 14.4. The van der Waals surface area contributed by atoms with E-state index in [1.54, 1.807) is 17.9 Å². The average Bonchev–Trinajstić information content (AvgIpc) is 3.18. The predicted molar refractivity (Wildman–Crippen MR) is 133 cm³/mol. The second-order valence-corrected chi connectivity index (χ2v) is 16.7. The molecule has 0 aromatic heterocycles. The summed E-state index contributed by atoms with van der Waals surface area (Å²) in [6.45, 7) is 13.1. The summed E-state index contributed by atoms with van der Waals surface area (Å²) in [7, 11) is -1.72. The normalized spacial score (nSPS) is 20.8. The number of aliphatic imine (C=N–C) groups is 1. The monoisotopic (exact) mass is 490 g/mol. The number of benzene rings is 1. The van der Waals surface area contributed by atoms with E-state index in [2.05, 4.69) is 35.3 Å². The van der Waals surface area contributed by atoms with Crippen LogP contribution in [0.4, 0.5) is 14.9 Å². The van der Waals surface area contributed by atoms with Crippen LogP contribution in [0.5, 0.6) is 0 Å². The van der Waals surface area contributed by atoms with Gasteiger partial charge in [-0.1, -0.05) is 43.7 Å². The molecule has 1 aromatic rings.